The van der Waals surface area contributed by atoms with Crippen molar-refractivity contribution in [2.75, 3.05) is 25.1 Å². The van der Waals surface area contributed by atoms with Crippen LogP contribution in [0.25, 0.3) is 0 Å². The van der Waals surface area contributed by atoms with Gasteiger partial charge in [-0.3, -0.25) is 29.3 Å². The second-order valence-corrected chi connectivity index (χ2v) is 15.6. The summed E-state index contributed by atoms with van der Waals surface area (Å²) in [7, 11) is -3.09. The van der Waals surface area contributed by atoms with E-state index in [1.807, 2.05) is 13.8 Å². The number of halogens is 1. The van der Waals surface area contributed by atoms with Gasteiger partial charge in [0.25, 0.3) is 0 Å². The molecule has 1 aliphatic rings. The van der Waals surface area contributed by atoms with Crippen molar-refractivity contribution in [2.24, 2.45) is 29.0 Å². The molecule has 0 spiro atoms. The Morgan fingerprint density at radius 3 is 2.12 bits per heavy atom. The minimum atomic E-state index is -4.50. The molecule has 3 rings (SSSR count). The highest BCUT2D eigenvalue weighted by molar-refractivity contribution is 7.85. The van der Waals surface area contributed by atoms with Crippen molar-refractivity contribution >= 4 is 39.6 Å². The van der Waals surface area contributed by atoms with Crippen molar-refractivity contribution in [1.82, 2.24) is 20.2 Å². The highest BCUT2D eigenvalue weighted by atomic mass is 32.3. The molecule has 0 saturated carbocycles. The second kappa shape index (κ2) is 21.8. The Labute approximate surface area is 325 Å². The number of amidine groups is 1. The third-order valence-electron chi connectivity index (χ3n) is 8.81. The fraction of sp³-hybridized carbons (Fsp3) is 0.600. The lowest BCUT2D eigenvalue weighted by molar-refractivity contribution is -0.132. The number of aliphatic hydroxyl groups is 3. The van der Waals surface area contributed by atoms with Crippen LogP contribution >= 0.6 is 0 Å². The van der Waals surface area contributed by atoms with Gasteiger partial charge in [-0.15, -0.1) is 3.89 Å². The molecule has 12 N–H and O–H groups in total. The molecule has 1 aliphatic heterocycles. The number of aromatic nitrogens is 2. The van der Waals surface area contributed by atoms with Crippen LogP contribution in [0.5, 0.6) is 0 Å². The van der Waals surface area contributed by atoms with E-state index in [-0.39, 0.29) is 29.9 Å². The Kier molecular flexibility index (Phi) is 18.6. The third-order valence-corrected chi connectivity index (χ3v) is 9.49. The quantitative estimate of drug-likeness (QED) is 0.0367. The molecule has 56 heavy (non-hydrogen) atoms. The second-order valence-electron chi connectivity index (χ2n) is 14.2. The van der Waals surface area contributed by atoms with E-state index in [4.69, 9.17) is 27.3 Å². The van der Waals surface area contributed by atoms with Crippen LogP contribution in [0.2, 0.25) is 0 Å². The number of hydrogen-bond donors (Lipinski definition) is 9. The first kappa shape index (κ1) is 47.8. The highest BCUT2D eigenvalue weighted by Gasteiger charge is 2.44. The number of carbonyl (C=O) groups is 3. The van der Waals surface area contributed by atoms with E-state index in [0.29, 0.717) is 36.9 Å². The summed E-state index contributed by atoms with van der Waals surface area (Å²) >= 11 is 0. The van der Waals surface area contributed by atoms with E-state index in [9.17, 15) is 46.8 Å². The van der Waals surface area contributed by atoms with E-state index in [2.05, 4.69) is 15.6 Å². The van der Waals surface area contributed by atoms with Crippen LogP contribution in [0.15, 0.2) is 41.3 Å². The number of rotatable bonds is 18. The monoisotopic (exact) mass is 813 g/mol. The number of unbranched alkanes of at least 4 members (excludes halogenated alkanes) is 1. The number of ether oxygens (including phenoxy) is 1. The van der Waals surface area contributed by atoms with Crippen LogP contribution < -0.4 is 38.4 Å². The SMILES string of the molecule is CC(C)C[C@H](NC(=O)[C@H](N)C(C)C)C(=O)N[C@@H](CCCCN)C(=O)N(C)c1ccn([C@@H]2O[C@H](CO)[C@@H](O)[C@@H]2O)c(=O)n1.N=C(N)c1ccc(CS(=O)(=O)F)cc1. The summed E-state index contributed by atoms with van der Waals surface area (Å²) in [6.07, 6.45) is -2.29. The van der Waals surface area contributed by atoms with Crippen molar-refractivity contribution in [2.45, 2.75) is 102 Å². The molecule has 0 bridgehead atoms. The number of benzene rings is 1. The van der Waals surface area contributed by atoms with Gasteiger partial charge >= 0.3 is 15.9 Å². The topological polar surface area (TPSA) is 319 Å². The Morgan fingerprint density at radius 1 is 1.04 bits per heavy atom. The molecule has 1 aromatic heterocycles. The summed E-state index contributed by atoms with van der Waals surface area (Å²) in [5.74, 6) is -2.43. The average Bonchev–Trinajstić information content (AvgIpc) is 3.41. The van der Waals surface area contributed by atoms with Crippen LogP contribution in [0.1, 0.15) is 70.7 Å². The van der Waals surface area contributed by atoms with Crippen molar-refractivity contribution < 1.29 is 46.7 Å². The summed E-state index contributed by atoms with van der Waals surface area (Å²) in [6, 6.07) is 4.41. The largest absolute Gasteiger partial charge is 0.394 e. The molecule has 19 nitrogen and oxygen atoms in total. The minimum absolute atomic E-state index is 0.0268. The zero-order chi connectivity index (χ0) is 42.5. The molecule has 314 valence electrons. The number of aliphatic hydroxyl groups excluding tert-OH is 3. The van der Waals surface area contributed by atoms with Crippen LogP contribution in [0.4, 0.5) is 9.70 Å². The molecule has 0 radical (unpaired) electrons. The summed E-state index contributed by atoms with van der Waals surface area (Å²) in [6.45, 7) is 7.24. The van der Waals surface area contributed by atoms with Crippen molar-refractivity contribution in [3.05, 3.63) is 58.1 Å². The molecule has 0 unspecified atom stereocenters. The maximum absolute atomic E-state index is 13.6. The molecular weight excluding hydrogens is 758 g/mol. The molecule has 1 aromatic carbocycles. The van der Waals surface area contributed by atoms with Gasteiger partial charge in [-0.1, -0.05) is 52.0 Å². The van der Waals surface area contributed by atoms with E-state index >= 15 is 0 Å². The summed E-state index contributed by atoms with van der Waals surface area (Å²) in [4.78, 5) is 57.4. The maximum atomic E-state index is 13.6. The molecular formula is C35H56FN9O10S. The van der Waals surface area contributed by atoms with Gasteiger partial charge in [-0.05, 0) is 55.7 Å². The molecule has 3 amide bonds. The van der Waals surface area contributed by atoms with Gasteiger partial charge in [-0.2, -0.15) is 13.4 Å². The zero-order valence-corrected chi connectivity index (χ0v) is 33.0. The first-order valence-corrected chi connectivity index (χ1v) is 19.6. The standard InChI is InChI=1S/C27H47N7O8.C8H9FN2O2S/c1-14(2)12-17(31-24(39)20(29)15(3)4)23(38)30-16(8-6-7-10-28)25(40)33(5)19-9-11-34(27(41)32-19)26-22(37)21(36)18(13-35)42-26;9-14(12,13)5-6-1-3-7(4-2-6)8(10)11/h9,11,14-18,20-22,26,35-37H,6-8,10,12-13,28-29H2,1-5H3,(H,30,38)(H,31,39);1-4H,5H2,(H3,10,11)/t16-,17-,18+,20+,21+,22-,26+;/m0./s1. The van der Waals surface area contributed by atoms with Gasteiger partial charge in [0.2, 0.25) is 17.7 Å². The zero-order valence-electron chi connectivity index (χ0n) is 32.2. The van der Waals surface area contributed by atoms with Crippen molar-refractivity contribution in [3.8, 4) is 0 Å². The Balaban J connectivity index is 0.000000647. The summed E-state index contributed by atoms with van der Waals surface area (Å²) < 4.78 is 39.2. The Bertz CT molecular complexity index is 1800. The molecule has 2 heterocycles. The van der Waals surface area contributed by atoms with Gasteiger partial charge in [0.1, 0.15) is 47.8 Å². The lowest BCUT2D eigenvalue weighted by atomic mass is 9.99. The molecule has 0 aliphatic carbocycles. The summed E-state index contributed by atoms with van der Waals surface area (Å²) in [5.41, 5.74) is 16.7. The maximum Gasteiger partial charge on any atom is 0.351 e. The Hall–Kier alpha value is -4.38. The fourth-order valence-electron chi connectivity index (χ4n) is 5.52. The van der Waals surface area contributed by atoms with E-state index in [1.165, 1.54) is 43.6 Å². The molecule has 7 atom stereocenters. The van der Waals surface area contributed by atoms with Gasteiger partial charge in [-0.25, -0.2) is 4.79 Å². The van der Waals surface area contributed by atoms with Crippen molar-refractivity contribution in [3.63, 3.8) is 0 Å². The number of hydrogen-bond acceptors (Lipinski definition) is 14. The van der Waals surface area contributed by atoms with E-state index in [1.54, 1.807) is 13.8 Å². The van der Waals surface area contributed by atoms with Crippen LogP contribution in [0, 0.1) is 17.2 Å². The smallest absolute Gasteiger partial charge is 0.351 e. The number of nitrogens with one attached hydrogen (secondary N) is 3. The van der Waals surface area contributed by atoms with E-state index in [0.717, 1.165) is 9.47 Å². The normalized spacial score (nSPS) is 19.7. The fourth-order valence-corrected chi connectivity index (χ4v) is 6.11. The minimum Gasteiger partial charge on any atom is -0.394 e. The lowest BCUT2D eigenvalue weighted by Gasteiger charge is -2.28. The lowest BCUT2D eigenvalue weighted by Crippen LogP contribution is -2.57. The predicted molar refractivity (Wildman–Crippen MR) is 205 cm³/mol. The number of nitrogen functional groups attached to an aromatic ring is 1. The third kappa shape index (κ3) is 14.3. The molecule has 1 saturated heterocycles. The molecule has 1 fully saturated rings. The van der Waals surface area contributed by atoms with Crippen molar-refractivity contribution in [1.29, 1.82) is 5.41 Å². The van der Waals surface area contributed by atoms with Gasteiger partial charge < -0.3 is 47.9 Å². The van der Waals surface area contributed by atoms with Gasteiger partial charge in [0.05, 0.1) is 12.6 Å². The van der Waals surface area contributed by atoms with Crippen LogP contribution in [-0.2, 0) is 35.1 Å². The Morgan fingerprint density at radius 2 is 1.64 bits per heavy atom. The average molecular weight is 814 g/mol. The van der Waals surface area contributed by atoms with Gasteiger partial charge in [0.15, 0.2) is 6.23 Å². The van der Waals surface area contributed by atoms with Crippen LogP contribution in [0.3, 0.4) is 0 Å². The van der Waals surface area contributed by atoms with Gasteiger partial charge in [0, 0.05) is 18.8 Å². The number of nitrogens with zero attached hydrogens (tertiary/aromatic N) is 3. The first-order chi connectivity index (χ1) is 26.1. The molecule has 21 heteroatoms. The predicted octanol–water partition coefficient (Wildman–Crippen LogP) is -1.28. The first-order valence-electron chi connectivity index (χ1n) is 18.0. The van der Waals surface area contributed by atoms with Crippen LogP contribution in [-0.4, -0.2) is 113 Å². The number of nitrogens with two attached hydrogens (primary N) is 3. The van der Waals surface area contributed by atoms with E-state index < -0.39 is 88.7 Å². The number of likely N-dealkylation sites (N-methyl/N-ethyl adjacent to an activating group) is 1. The summed E-state index contributed by atoms with van der Waals surface area (Å²) in [5, 5.41) is 42.1. The number of carbonyl (C=O) groups excluding carboxylic acids is 3. The molecule has 2 aromatic rings. The number of anilines is 1. The highest BCUT2D eigenvalue weighted by Crippen LogP contribution is 2.28. The number of amides is 3.